The molecule has 1 aromatic heterocycles. The third-order valence-corrected chi connectivity index (χ3v) is 8.44. The van der Waals surface area contributed by atoms with Crippen molar-refractivity contribution in [2.75, 3.05) is 30.9 Å². The van der Waals surface area contributed by atoms with E-state index in [1.807, 2.05) is 12.4 Å². The summed E-state index contributed by atoms with van der Waals surface area (Å²) in [5.41, 5.74) is 1.96. The number of aromatic nitrogens is 2. The van der Waals surface area contributed by atoms with E-state index in [0.29, 0.717) is 23.0 Å². The van der Waals surface area contributed by atoms with Gasteiger partial charge in [-0.2, -0.15) is 0 Å². The van der Waals surface area contributed by atoms with Gasteiger partial charge in [0.05, 0.1) is 11.5 Å². The Hall–Kier alpha value is -3.07. The maximum absolute atomic E-state index is 14.8. The molecule has 1 saturated heterocycles. The lowest BCUT2D eigenvalue weighted by molar-refractivity contribution is 0.226. The number of halogens is 2. The molecule has 1 aliphatic carbocycles. The average Bonchev–Trinajstić information content (AvgIpc) is 3.42. The molecule has 6 nitrogen and oxygen atoms in total. The number of anilines is 1. The Morgan fingerprint density at radius 2 is 1.56 bits per heavy atom. The van der Waals surface area contributed by atoms with Crippen LogP contribution in [-0.2, 0) is 16.3 Å². The van der Waals surface area contributed by atoms with Gasteiger partial charge in [0.1, 0.15) is 0 Å². The normalized spacial score (nSPS) is 21.6. The van der Waals surface area contributed by atoms with Gasteiger partial charge in [-0.15, -0.1) is 0 Å². The van der Waals surface area contributed by atoms with Crippen molar-refractivity contribution in [3.63, 3.8) is 0 Å². The lowest BCUT2D eigenvalue weighted by Gasteiger charge is -2.19. The Morgan fingerprint density at radius 1 is 0.972 bits per heavy atom. The first-order valence-corrected chi connectivity index (χ1v) is 14.1. The Morgan fingerprint density at radius 3 is 2.08 bits per heavy atom. The standard InChI is InChI=1S/C27H29F2N3O3S/c1-3-17-12-30-27(31-13-17)32-14-21-8-18(9-22(21)15-32)16-35-26-24(28)10-20(11-25(26)29)19-4-6-23(7-5-19)36(2,33)34/h4-7,10-13,18,21-22H,3,8-9,14-16H2,1-2H3/t18-,21-,22+. The Bertz CT molecular complexity index is 1310. The third kappa shape index (κ3) is 5.07. The predicted octanol–water partition coefficient (Wildman–Crippen LogP) is 4.93. The number of ether oxygens (including phenoxy) is 1. The van der Waals surface area contributed by atoms with Crippen LogP contribution >= 0.6 is 0 Å². The highest BCUT2D eigenvalue weighted by Gasteiger charge is 2.41. The van der Waals surface area contributed by atoms with E-state index in [-0.39, 0.29) is 23.2 Å². The summed E-state index contributed by atoms with van der Waals surface area (Å²) in [4.78, 5) is 11.4. The van der Waals surface area contributed by atoms with Crippen molar-refractivity contribution in [1.29, 1.82) is 0 Å². The van der Waals surface area contributed by atoms with Gasteiger partial charge in [-0.05, 0) is 78.0 Å². The summed E-state index contributed by atoms with van der Waals surface area (Å²) >= 11 is 0. The van der Waals surface area contributed by atoms with Gasteiger partial charge in [-0.1, -0.05) is 19.1 Å². The molecular weight excluding hydrogens is 484 g/mol. The van der Waals surface area contributed by atoms with E-state index in [0.717, 1.165) is 50.1 Å². The molecule has 36 heavy (non-hydrogen) atoms. The molecule has 1 aliphatic heterocycles. The summed E-state index contributed by atoms with van der Waals surface area (Å²) in [6, 6.07) is 8.37. The summed E-state index contributed by atoms with van der Waals surface area (Å²) in [5.74, 6) is 0.107. The average molecular weight is 514 g/mol. The molecule has 1 saturated carbocycles. The first-order chi connectivity index (χ1) is 17.2. The van der Waals surface area contributed by atoms with Crippen LogP contribution in [-0.4, -0.2) is 44.3 Å². The number of hydrogen-bond donors (Lipinski definition) is 0. The van der Waals surface area contributed by atoms with Crippen molar-refractivity contribution < 1.29 is 21.9 Å². The number of nitrogens with zero attached hydrogens (tertiary/aromatic N) is 3. The lowest BCUT2D eigenvalue weighted by atomic mass is 10.0. The minimum atomic E-state index is -3.34. The fraction of sp³-hybridized carbons (Fsp3) is 0.407. The van der Waals surface area contributed by atoms with Crippen LogP contribution in [0.15, 0.2) is 53.7 Å². The first kappa shape index (κ1) is 24.6. The molecule has 190 valence electrons. The largest absolute Gasteiger partial charge is 0.487 e. The fourth-order valence-electron chi connectivity index (χ4n) is 5.38. The van der Waals surface area contributed by atoms with E-state index in [9.17, 15) is 17.2 Å². The second-order valence-electron chi connectivity index (χ2n) is 9.88. The topological polar surface area (TPSA) is 72.4 Å². The molecule has 0 spiro atoms. The van der Waals surface area contributed by atoms with Crippen molar-refractivity contribution in [1.82, 2.24) is 9.97 Å². The van der Waals surface area contributed by atoms with Crippen molar-refractivity contribution in [3.05, 3.63) is 66.0 Å². The maximum Gasteiger partial charge on any atom is 0.225 e. The summed E-state index contributed by atoms with van der Waals surface area (Å²) in [7, 11) is -3.34. The molecule has 2 heterocycles. The summed E-state index contributed by atoms with van der Waals surface area (Å²) in [6.07, 6.45) is 7.68. The van der Waals surface area contributed by atoms with Crippen LogP contribution in [0, 0.1) is 29.4 Å². The van der Waals surface area contributed by atoms with E-state index in [2.05, 4.69) is 21.8 Å². The summed E-state index contributed by atoms with van der Waals surface area (Å²) < 4.78 is 58.5. The number of rotatable bonds is 7. The second-order valence-corrected chi connectivity index (χ2v) is 11.9. The minimum Gasteiger partial charge on any atom is -0.487 e. The number of fused-ring (bicyclic) bond motifs is 1. The Labute approximate surface area is 210 Å². The van der Waals surface area contributed by atoms with Gasteiger partial charge in [0.2, 0.25) is 5.95 Å². The van der Waals surface area contributed by atoms with E-state index < -0.39 is 21.5 Å². The van der Waals surface area contributed by atoms with Crippen molar-refractivity contribution in [3.8, 4) is 16.9 Å². The highest BCUT2D eigenvalue weighted by atomic mass is 32.2. The molecule has 2 aromatic carbocycles. The van der Waals surface area contributed by atoms with Gasteiger partial charge in [0.25, 0.3) is 0 Å². The Kier molecular flexibility index (Phi) is 6.68. The van der Waals surface area contributed by atoms with Crippen LogP contribution in [0.1, 0.15) is 25.3 Å². The third-order valence-electron chi connectivity index (χ3n) is 7.31. The van der Waals surface area contributed by atoms with Crippen LogP contribution < -0.4 is 9.64 Å². The number of benzene rings is 2. The van der Waals surface area contributed by atoms with Gasteiger partial charge >= 0.3 is 0 Å². The fourth-order valence-corrected chi connectivity index (χ4v) is 6.01. The summed E-state index contributed by atoms with van der Waals surface area (Å²) in [5, 5.41) is 0. The lowest BCUT2D eigenvalue weighted by Crippen LogP contribution is -2.24. The van der Waals surface area contributed by atoms with Gasteiger partial charge in [0, 0.05) is 31.7 Å². The van der Waals surface area contributed by atoms with Crippen LogP contribution in [0.25, 0.3) is 11.1 Å². The van der Waals surface area contributed by atoms with Crippen LogP contribution in [0.4, 0.5) is 14.7 Å². The Balaban J connectivity index is 1.19. The SMILES string of the molecule is CCc1cnc(N2C[C@H]3C[C@@H](COc4c(F)cc(-c5ccc(S(C)(=O)=O)cc5)cc4F)C[C@H]3C2)nc1. The number of hydrogen-bond acceptors (Lipinski definition) is 6. The van der Waals surface area contributed by atoms with Crippen LogP contribution in [0.3, 0.4) is 0 Å². The van der Waals surface area contributed by atoms with Gasteiger partial charge < -0.3 is 9.64 Å². The zero-order valence-electron chi connectivity index (χ0n) is 20.3. The second kappa shape index (κ2) is 9.76. The molecule has 5 rings (SSSR count). The quantitative estimate of drug-likeness (QED) is 0.446. The molecule has 2 aliphatic rings. The van der Waals surface area contributed by atoms with Crippen LogP contribution in [0.5, 0.6) is 5.75 Å². The highest BCUT2D eigenvalue weighted by Crippen LogP contribution is 2.42. The maximum atomic E-state index is 14.8. The van der Waals surface area contributed by atoms with E-state index in [1.54, 1.807) is 0 Å². The van der Waals surface area contributed by atoms with Crippen molar-refractivity contribution in [2.24, 2.45) is 17.8 Å². The number of sulfone groups is 1. The molecule has 0 bridgehead atoms. The number of aryl methyl sites for hydroxylation is 1. The van der Waals surface area contributed by atoms with Crippen LogP contribution in [0.2, 0.25) is 0 Å². The zero-order valence-corrected chi connectivity index (χ0v) is 21.1. The molecule has 0 N–H and O–H groups in total. The van der Waals surface area contributed by atoms with Gasteiger partial charge in [0.15, 0.2) is 27.2 Å². The van der Waals surface area contributed by atoms with E-state index in [4.69, 9.17) is 4.74 Å². The smallest absolute Gasteiger partial charge is 0.225 e. The predicted molar refractivity (Wildman–Crippen MR) is 134 cm³/mol. The van der Waals surface area contributed by atoms with Gasteiger partial charge in [-0.3, -0.25) is 0 Å². The van der Waals surface area contributed by atoms with Crippen molar-refractivity contribution in [2.45, 2.75) is 31.1 Å². The molecule has 3 aromatic rings. The van der Waals surface area contributed by atoms with Crippen molar-refractivity contribution >= 4 is 15.8 Å². The van der Waals surface area contributed by atoms with E-state index in [1.165, 1.54) is 36.4 Å². The summed E-state index contributed by atoms with van der Waals surface area (Å²) in [6.45, 7) is 4.13. The van der Waals surface area contributed by atoms with Gasteiger partial charge in [-0.25, -0.2) is 27.2 Å². The molecule has 9 heteroatoms. The zero-order chi connectivity index (χ0) is 25.4. The molecule has 3 atom stereocenters. The first-order valence-electron chi connectivity index (χ1n) is 12.2. The van der Waals surface area contributed by atoms with E-state index >= 15 is 0 Å². The molecular formula is C27H29F2N3O3S. The monoisotopic (exact) mass is 513 g/mol. The molecule has 0 amide bonds. The molecule has 0 unspecified atom stereocenters. The molecule has 0 radical (unpaired) electrons. The minimum absolute atomic E-state index is 0.151. The molecule has 2 fully saturated rings. The highest BCUT2D eigenvalue weighted by molar-refractivity contribution is 7.90.